The number of esters is 2. The summed E-state index contributed by atoms with van der Waals surface area (Å²) in [6.45, 7) is 4.65. The van der Waals surface area contributed by atoms with Crippen LogP contribution in [0.1, 0.15) is 26.3 Å². The Labute approximate surface area is 141 Å². The highest BCUT2D eigenvalue weighted by molar-refractivity contribution is 6.15. The van der Waals surface area contributed by atoms with Crippen LogP contribution in [0.3, 0.4) is 0 Å². The largest absolute Gasteiger partial charge is 0.492 e. The van der Waals surface area contributed by atoms with Crippen LogP contribution in [0.15, 0.2) is 30.0 Å². The van der Waals surface area contributed by atoms with E-state index in [-0.39, 0.29) is 18.0 Å². The highest BCUT2D eigenvalue weighted by Crippen LogP contribution is 2.35. The van der Waals surface area contributed by atoms with Gasteiger partial charge in [0.1, 0.15) is 5.75 Å². The van der Waals surface area contributed by atoms with Crippen LogP contribution < -0.4 is 10.1 Å². The van der Waals surface area contributed by atoms with Crippen LogP contribution in [-0.4, -0.2) is 24.3 Å². The van der Waals surface area contributed by atoms with Gasteiger partial charge in [-0.2, -0.15) is 13.2 Å². The summed E-state index contributed by atoms with van der Waals surface area (Å²) in [4.78, 5) is 23.7. The fourth-order valence-corrected chi connectivity index (χ4v) is 2.03. The molecule has 1 aliphatic rings. The number of rotatable bonds is 4. The number of hydrogen-bond donors (Lipinski definition) is 1. The molecule has 1 fully saturated rings. The first-order chi connectivity index (χ1) is 11.5. The Bertz CT molecular complexity index is 703. The maximum Gasteiger partial charge on any atom is 0.416 e. The van der Waals surface area contributed by atoms with Crippen molar-refractivity contribution in [2.45, 2.75) is 32.7 Å². The summed E-state index contributed by atoms with van der Waals surface area (Å²) in [6.07, 6.45) is -3.63. The number of cyclic esters (lactones) is 2. The van der Waals surface area contributed by atoms with E-state index >= 15 is 0 Å². The van der Waals surface area contributed by atoms with Crippen molar-refractivity contribution in [3.05, 3.63) is 35.5 Å². The zero-order chi connectivity index (χ0) is 18.8. The second-order valence-electron chi connectivity index (χ2n) is 5.52. The number of carbonyl (C=O) groups is 2. The number of hydrogen-bond acceptors (Lipinski definition) is 6. The van der Waals surface area contributed by atoms with Gasteiger partial charge in [-0.1, -0.05) is 0 Å². The van der Waals surface area contributed by atoms with Gasteiger partial charge in [-0.3, -0.25) is 0 Å². The maximum absolute atomic E-state index is 12.9. The van der Waals surface area contributed by atoms with Crippen LogP contribution in [-0.2, 0) is 25.2 Å². The predicted octanol–water partition coefficient (Wildman–Crippen LogP) is 3.24. The maximum atomic E-state index is 12.9. The molecule has 1 aromatic rings. The zero-order valence-electron chi connectivity index (χ0n) is 13.7. The van der Waals surface area contributed by atoms with Crippen LogP contribution in [0.2, 0.25) is 0 Å². The molecule has 0 aliphatic carbocycles. The van der Waals surface area contributed by atoms with E-state index < -0.39 is 35.0 Å². The monoisotopic (exact) mass is 359 g/mol. The van der Waals surface area contributed by atoms with E-state index in [0.29, 0.717) is 0 Å². The summed E-state index contributed by atoms with van der Waals surface area (Å²) in [5.74, 6) is -3.17. The first-order valence-corrected chi connectivity index (χ1v) is 7.31. The number of carbonyl (C=O) groups excluding carboxylic acids is 2. The van der Waals surface area contributed by atoms with E-state index in [0.717, 1.165) is 24.4 Å². The molecule has 6 nitrogen and oxygen atoms in total. The van der Waals surface area contributed by atoms with Crippen LogP contribution in [0.4, 0.5) is 18.9 Å². The minimum absolute atomic E-state index is 0.0605. The number of anilines is 1. The summed E-state index contributed by atoms with van der Waals surface area (Å²) in [5, 5.41) is 2.48. The highest BCUT2D eigenvalue weighted by atomic mass is 19.4. The van der Waals surface area contributed by atoms with Crippen LogP contribution in [0, 0.1) is 0 Å². The molecule has 0 bridgehead atoms. The predicted molar refractivity (Wildman–Crippen MR) is 80.6 cm³/mol. The van der Waals surface area contributed by atoms with Crippen molar-refractivity contribution in [1.29, 1.82) is 0 Å². The molecule has 0 spiro atoms. The lowest BCUT2D eigenvalue weighted by Crippen LogP contribution is -2.42. The fraction of sp³-hybridized carbons (Fsp3) is 0.375. The van der Waals surface area contributed by atoms with E-state index in [1.54, 1.807) is 6.92 Å². The Morgan fingerprint density at radius 1 is 1.20 bits per heavy atom. The molecule has 25 heavy (non-hydrogen) atoms. The molecular weight excluding hydrogens is 343 g/mol. The molecule has 1 saturated heterocycles. The quantitative estimate of drug-likeness (QED) is 0.505. The Morgan fingerprint density at radius 3 is 2.32 bits per heavy atom. The highest BCUT2D eigenvalue weighted by Gasteiger charge is 2.39. The van der Waals surface area contributed by atoms with Gasteiger partial charge in [-0.15, -0.1) is 0 Å². The number of ether oxygens (including phenoxy) is 3. The Hall–Kier alpha value is -2.71. The SMILES string of the molecule is CCOc1ccc(C(F)(F)F)cc1NC=C1C(=O)OC(C)(C)OC1=O. The lowest BCUT2D eigenvalue weighted by atomic mass is 10.1. The van der Waals surface area contributed by atoms with Crippen molar-refractivity contribution in [2.75, 3.05) is 11.9 Å². The van der Waals surface area contributed by atoms with Crippen LogP contribution in [0.5, 0.6) is 5.75 Å². The molecule has 0 unspecified atom stereocenters. The molecule has 1 aliphatic heterocycles. The van der Waals surface area contributed by atoms with Gasteiger partial charge in [0.15, 0.2) is 5.57 Å². The third-order valence-corrected chi connectivity index (χ3v) is 3.10. The first-order valence-electron chi connectivity index (χ1n) is 7.31. The van der Waals surface area contributed by atoms with Crippen molar-refractivity contribution in [2.24, 2.45) is 0 Å². The Morgan fingerprint density at radius 2 is 1.80 bits per heavy atom. The molecule has 0 aromatic heterocycles. The van der Waals surface area contributed by atoms with E-state index in [1.807, 2.05) is 0 Å². The van der Waals surface area contributed by atoms with Crippen molar-refractivity contribution in [3.63, 3.8) is 0 Å². The Kier molecular flexibility index (Phi) is 4.96. The molecule has 0 radical (unpaired) electrons. The topological polar surface area (TPSA) is 73.9 Å². The molecule has 0 saturated carbocycles. The number of alkyl halides is 3. The van der Waals surface area contributed by atoms with Gasteiger partial charge < -0.3 is 19.5 Å². The third kappa shape index (κ3) is 4.43. The van der Waals surface area contributed by atoms with Crippen molar-refractivity contribution in [1.82, 2.24) is 0 Å². The van der Waals surface area contributed by atoms with Gasteiger partial charge in [0.2, 0.25) is 0 Å². The molecular formula is C16H16F3NO5. The molecule has 1 N–H and O–H groups in total. The van der Waals surface area contributed by atoms with Gasteiger partial charge >= 0.3 is 18.1 Å². The molecule has 1 aromatic carbocycles. The average molecular weight is 359 g/mol. The number of benzene rings is 1. The lowest BCUT2D eigenvalue weighted by molar-refractivity contribution is -0.222. The van der Waals surface area contributed by atoms with Crippen LogP contribution >= 0.6 is 0 Å². The smallest absolute Gasteiger partial charge is 0.416 e. The van der Waals surface area contributed by atoms with Gasteiger partial charge in [-0.25, -0.2) is 9.59 Å². The van der Waals surface area contributed by atoms with Crippen molar-refractivity contribution < 1.29 is 37.0 Å². The summed E-state index contributed by atoms with van der Waals surface area (Å²) in [7, 11) is 0. The fourth-order valence-electron chi connectivity index (χ4n) is 2.03. The summed E-state index contributed by atoms with van der Waals surface area (Å²) >= 11 is 0. The van der Waals surface area contributed by atoms with E-state index in [1.165, 1.54) is 13.8 Å². The van der Waals surface area contributed by atoms with Gasteiger partial charge in [0.25, 0.3) is 5.79 Å². The second kappa shape index (κ2) is 6.66. The summed E-state index contributed by atoms with van der Waals surface area (Å²) < 4.78 is 53.6. The molecule has 2 rings (SSSR count). The summed E-state index contributed by atoms with van der Waals surface area (Å²) in [6, 6.07) is 2.83. The average Bonchev–Trinajstić information content (AvgIpc) is 2.45. The normalized spacial score (nSPS) is 16.8. The molecule has 0 amide bonds. The number of nitrogens with one attached hydrogen (secondary N) is 1. The van der Waals surface area contributed by atoms with E-state index in [4.69, 9.17) is 14.2 Å². The lowest BCUT2D eigenvalue weighted by Gasteiger charge is -2.29. The molecule has 9 heteroatoms. The molecule has 1 heterocycles. The first kappa shape index (κ1) is 18.6. The molecule has 136 valence electrons. The van der Waals surface area contributed by atoms with E-state index in [2.05, 4.69) is 5.32 Å². The minimum Gasteiger partial charge on any atom is -0.492 e. The molecule has 0 atom stereocenters. The van der Waals surface area contributed by atoms with Gasteiger partial charge in [-0.05, 0) is 25.1 Å². The standard InChI is InChI=1S/C16H16F3NO5/c1-4-23-12-6-5-9(16(17,18)19)7-11(12)20-8-10-13(21)24-15(2,3)25-14(10)22/h5-8,20H,4H2,1-3H3. The van der Waals surface area contributed by atoms with E-state index in [9.17, 15) is 22.8 Å². The second-order valence-corrected chi connectivity index (χ2v) is 5.52. The van der Waals surface area contributed by atoms with Crippen molar-refractivity contribution >= 4 is 17.6 Å². The Balaban J connectivity index is 2.32. The van der Waals surface area contributed by atoms with Gasteiger partial charge in [0.05, 0.1) is 17.9 Å². The minimum atomic E-state index is -4.55. The van der Waals surface area contributed by atoms with Gasteiger partial charge in [0, 0.05) is 20.0 Å². The summed E-state index contributed by atoms with van der Waals surface area (Å²) in [5.41, 5.74) is -1.44. The van der Waals surface area contributed by atoms with Crippen molar-refractivity contribution in [3.8, 4) is 5.75 Å². The zero-order valence-corrected chi connectivity index (χ0v) is 13.7. The van der Waals surface area contributed by atoms with Crippen LogP contribution in [0.25, 0.3) is 0 Å². The third-order valence-electron chi connectivity index (χ3n) is 3.10. The number of halogens is 3.